The minimum atomic E-state index is -0.576. The first-order chi connectivity index (χ1) is 18.2. The van der Waals surface area contributed by atoms with Gasteiger partial charge in [-0.15, -0.1) is 10.2 Å². The fraction of sp³-hybridized carbons (Fsp3) is 0.344. The van der Waals surface area contributed by atoms with Crippen molar-refractivity contribution in [2.24, 2.45) is 11.7 Å². The molecule has 3 aromatic heterocycles. The highest BCUT2D eigenvalue weighted by Crippen LogP contribution is 2.60. The van der Waals surface area contributed by atoms with Crippen molar-refractivity contribution in [2.45, 2.75) is 63.0 Å². The van der Waals surface area contributed by atoms with Gasteiger partial charge in [0.25, 0.3) is 0 Å². The maximum Gasteiger partial charge on any atom is 0.161 e. The number of rotatable bonds is 4. The lowest BCUT2D eigenvalue weighted by molar-refractivity contribution is -0.0591. The molecular formula is C32H33N5O. The number of aliphatic hydroxyl groups is 1. The summed E-state index contributed by atoms with van der Waals surface area (Å²) in [6.07, 6.45) is 3.67. The Morgan fingerprint density at radius 1 is 0.921 bits per heavy atom. The predicted octanol–water partition coefficient (Wildman–Crippen LogP) is 6.00. The lowest BCUT2D eigenvalue weighted by Crippen LogP contribution is -2.43. The zero-order valence-electron chi connectivity index (χ0n) is 22.1. The van der Waals surface area contributed by atoms with Crippen LogP contribution < -0.4 is 5.73 Å². The van der Waals surface area contributed by atoms with Gasteiger partial charge in [0.15, 0.2) is 5.65 Å². The van der Waals surface area contributed by atoms with Gasteiger partial charge in [-0.2, -0.15) is 0 Å². The van der Waals surface area contributed by atoms with Crippen LogP contribution in [0, 0.1) is 5.92 Å². The van der Waals surface area contributed by atoms with Crippen LogP contribution in [0.4, 0.5) is 0 Å². The summed E-state index contributed by atoms with van der Waals surface area (Å²) in [5, 5.41) is 19.8. The molecule has 2 atom stereocenters. The summed E-state index contributed by atoms with van der Waals surface area (Å²) >= 11 is 0. The summed E-state index contributed by atoms with van der Waals surface area (Å²) < 4.78 is 2.14. The maximum absolute atomic E-state index is 10.9. The molecule has 3 heterocycles. The molecule has 2 aromatic carbocycles. The Labute approximate surface area is 222 Å². The number of aromatic nitrogens is 4. The maximum atomic E-state index is 10.9. The Hall–Kier alpha value is -3.61. The van der Waals surface area contributed by atoms with Gasteiger partial charge in [-0.25, -0.2) is 4.98 Å². The Morgan fingerprint density at radius 3 is 2.32 bits per heavy atom. The van der Waals surface area contributed by atoms with Crippen molar-refractivity contribution < 1.29 is 5.11 Å². The number of nitrogens with two attached hydrogens (primary N) is 1. The molecule has 2 fully saturated rings. The van der Waals surface area contributed by atoms with Crippen LogP contribution in [0.1, 0.15) is 57.8 Å². The fourth-order valence-electron chi connectivity index (χ4n) is 6.25. The number of pyridine rings is 2. The minimum Gasteiger partial charge on any atom is -0.390 e. The second kappa shape index (κ2) is 7.95. The van der Waals surface area contributed by atoms with Gasteiger partial charge in [0.2, 0.25) is 0 Å². The average molecular weight is 504 g/mol. The summed E-state index contributed by atoms with van der Waals surface area (Å²) in [5.41, 5.74) is 13.5. The van der Waals surface area contributed by atoms with Crippen LogP contribution in [-0.4, -0.2) is 30.3 Å². The highest BCUT2D eigenvalue weighted by Gasteiger charge is 2.63. The molecule has 7 rings (SSSR count). The van der Waals surface area contributed by atoms with E-state index in [9.17, 15) is 5.11 Å². The fourth-order valence-corrected chi connectivity index (χ4v) is 6.25. The Bertz CT molecular complexity index is 1680. The van der Waals surface area contributed by atoms with E-state index in [1.165, 1.54) is 0 Å². The van der Waals surface area contributed by atoms with E-state index in [0.29, 0.717) is 0 Å². The third-order valence-electron chi connectivity index (χ3n) is 8.67. The van der Waals surface area contributed by atoms with E-state index in [2.05, 4.69) is 90.0 Å². The van der Waals surface area contributed by atoms with Crippen LogP contribution in [-0.2, 0) is 11.0 Å². The molecule has 0 spiro atoms. The Kier molecular flexibility index (Phi) is 4.92. The van der Waals surface area contributed by atoms with E-state index in [1.807, 2.05) is 18.2 Å². The number of benzene rings is 2. The van der Waals surface area contributed by atoms with Gasteiger partial charge in [-0.3, -0.25) is 4.40 Å². The lowest BCUT2D eigenvalue weighted by atomic mass is 9.74. The summed E-state index contributed by atoms with van der Waals surface area (Å²) in [4.78, 5) is 5.21. The Morgan fingerprint density at radius 2 is 1.66 bits per heavy atom. The topological polar surface area (TPSA) is 89.3 Å². The average Bonchev–Trinajstić information content (AvgIpc) is 3.39. The van der Waals surface area contributed by atoms with Crippen LogP contribution >= 0.6 is 0 Å². The molecule has 6 nitrogen and oxygen atoms in total. The molecule has 192 valence electrons. The van der Waals surface area contributed by atoms with E-state index in [-0.39, 0.29) is 11.3 Å². The van der Waals surface area contributed by atoms with Crippen molar-refractivity contribution in [3.63, 3.8) is 0 Å². The molecule has 0 amide bonds. The predicted molar refractivity (Wildman–Crippen MR) is 151 cm³/mol. The van der Waals surface area contributed by atoms with Crippen LogP contribution in [0.25, 0.3) is 39.1 Å². The van der Waals surface area contributed by atoms with Crippen LogP contribution in [0.15, 0.2) is 72.8 Å². The quantitative estimate of drug-likeness (QED) is 0.314. The number of hydrogen-bond donors (Lipinski definition) is 2. The third kappa shape index (κ3) is 3.51. The van der Waals surface area contributed by atoms with Crippen molar-refractivity contribution in [3.05, 3.63) is 84.2 Å². The first-order valence-corrected chi connectivity index (χ1v) is 13.5. The summed E-state index contributed by atoms with van der Waals surface area (Å²) in [6.45, 7) is 6.46. The zero-order valence-corrected chi connectivity index (χ0v) is 22.1. The second-order valence-electron chi connectivity index (χ2n) is 12.3. The van der Waals surface area contributed by atoms with Gasteiger partial charge in [0, 0.05) is 28.0 Å². The molecule has 5 aromatic rings. The molecule has 0 saturated heterocycles. The second-order valence-corrected chi connectivity index (χ2v) is 12.3. The van der Waals surface area contributed by atoms with Crippen LogP contribution in [0.3, 0.4) is 0 Å². The molecule has 0 radical (unpaired) electrons. The minimum absolute atomic E-state index is 0.150. The van der Waals surface area contributed by atoms with E-state index >= 15 is 0 Å². The first-order valence-electron chi connectivity index (χ1n) is 13.5. The summed E-state index contributed by atoms with van der Waals surface area (Å²) in [7, 11) is 0. The van der Waals surface area contributed by atoms with Gasteiger partial charge >= 0.3 is 0 Å². The van der Waals surface area contributed by atoms with Crippen molar-refractivity contribution in [1.29, 1.82) is 0 Å². The lowest BCUT2D eigenvalue weighted by Gasteiger charge is -2.38. The zero-order chi connectivity index (χ0) is 26.3. The van der Waals surface area contributed by atoms with E-state index in [0.717, 1.165) is 76.1 Å². The summed E-state index contributed by atoms with van der Waals surface area (Å²) in [6, 6.07) is 25.1. The van der Waals surface area contributed by atoms with Crippen molar-refractivity contribution in [3.8, 4) is 22.4 Å². The van der Waals surface area contributed by atoms with E-state index < -0.39 is 11.1 Å². The molecule has 2 aliphatic carbocycles. The van der Waals surface area contributed by atoms with E-state index in [4.69, 9.17) is 10.7 Å². The molecule has 6 heteroatoms. The monoisotopic (exact) mass is 503 g/mol. The van der Waals surface area contributed by atoms with Crippen molar-refractivity contribution >= 4 is 16.7 Å². The van der Waals surface area contributed by atoms with Gasteiger partial charge in [0.1, 0.15) is 5.82 Å². The van der Waals surface area contributed by atoms with Gasteiger partial charge in [0.05, 0.1) is 22.3 Å². The molecule has 0 aliphatic heterocycles. The van der Waals surface area contributed by atoms with Crippen LogP contribution in [0.2, 0.25) is 0 Å². The standard InChI is InChI=1S/C32H33N5O/c1-30(2,3)29-36-35-27-15-14-24-25(37(27)29)18-23(20-8-5-4-6-9-20)28(34-24)21-10-12-22(13-11-21)32(33)19-26(32)31(38)16-7-17-31/h4-6,8-15,18,26,38H,7,16-17,19,33H2,1-3H3/t26-,32+/m1/s1. The smallest absolute Gasteiger partial charge is 0.161 e. The van der Waals surface area contributed by atoms with Gasteiger partial charge < -0.3 is 10.8 Å². The van der Waals surface area contributed by atoms with Crippen LogP contribution in [0.5, 0.6) is 0 Å². The van der Waals surface area contributed by atoms with Crippen molar-refractivity contribution in [1.82, 2.24) is 19.6 Å². The SMILES string of the molecule is CC(C)(C)c1nnc2ccc3nc(-c4ccc([C@@]5(N)C[C@@H]5C5(O)CCC5)cc4)c(-c4ccccc4)cc3n12. The highest BCUT2D eigenvalue weighted by molar-refractivity contribution is 5.91. The normalized spacial score (nSPS) is 22.5. The van der Waals surface area contributed by atoms with Crippen molar-refractivity contribution in [2.75, 3.05) is 0 Å². The van der Waals surface area contributed by atoms with Gasteiger partial charge in [-0.1, -0.05) is 75.4 Å². The number of hydrogen-bond acceptors (Lipinski definition) is 5. The summed E-state index contributed by atoms with van der Waals surface area (Å²) in [5.74, 6) is 1.06. The third-order valence-corrected chi connectivity index (χ3v) is 8.67. The molecule has 38 heavy (non-hydrogen) atoms. The molecule has 3 N–H and O–H groups in total. The largest absolute Gasteiger partial charge is 0.390 e. The molecule has 0 unspecified atom stereocenters. The first kappa shape index (κ1) is 23.5. The molecule has 0 bridgehead atoms. The van der Waals surface area contributed by atoms with Gasteiger partial charge in [-0.05, 0) is 55.0 Å². The molecule has 2 saturated carbocycles. The molecule has 2 aliphatic rings. The van der Waals surface area contributed by atoms with E-state index in [1.54, 1.807) is 0 Å². The molecular weight excluding hydrogens is 470 g/mol. The number of fused-ring (bicyclic) bond motifs is 3. The highest BCUT2D eigenvalue weighted by atomic mass is 16.3. The Balaban J connectivity index is 1.37. The number of nitrogens with zero attached hydrogens (tertiary/aromatic N) is 4.